The van der Waals surface area contributed by atoms with Gasteiger partial charge in [-0.3, -0.25) is 4.79 Å². The molecule has 1 N–H and O–H groups in total. The Hall–Kier alpha value is -1.64. The molecule has 4 fully saturated rings. The van der Waals surface area contributed by atoms with Crippen molar-refractivity contribution in [1.29, 1.82) is 0 Å². The van der Waals surface area contributed by atoms with Gasteiger partial charge in [-0.1, -0.05) is 12.8 Å². The summed E-state index contributed by atoms with van der Waals surface area (Å²) in [6.07, 6.45) is 5.34. The minimum absolute atomic E-state index is 0.0641. The monoisotopic (exact) mass is 498 g/mol. The molecule has 0 unspecified atom stereocenters. The van der Waals surface area contributed by atoms with Gasteiger partial charge in [0, 0.05) is 5.54 Å². The van der Waals surface area contributed by atoms with E-state index < -0.39 is 27.2 Å². The molecule has 1 heterocycles. The largest absolute Gasteiger partial charge is 0.433 e. The van der Waals surface area contributed by atoms with Gasteiger partial charge in [-0.2, -0.15) is 13.2 Å². The van der Waals surface area contributed by atoms with Crippen LogP contribution < -0.4 is 5.32 Å². The normalized spacial score (nSPS) is 29.0. The molecule has 5 rings (SSSR count). The van der Waals surface area contributed by atoms with Crippen molar-refractivity contribution in [2.24, 2.45) is 17.3 Å². The zero-order valence-electron chi connectivity index (χ0n) is 19.6. The summed E-state index contributed by atoms with van der Waals surface area (Å²) in [4.78, 5) is 16.8. The second-order valence-electron chi connectivity index (χ2n) is 11.3. The lowest BCUT2D eigenvalue weighted by Gasteiger charge is -2.47. The van der Waals surface area contributed by atoms with Gasteiger partial charge in [0.25, 0.3) is 5.91 Å². The summed E-state index contributed by atoms with van der Waals surface area (Å²) in [5, 5.41) is 2.93. The Bertz CT molecular complexity index is 1070. The van der Waals surface area contributed by atoms with E-state index >= 15 is 0 Å². The molecular formula is C25H33F3N2O3S. The number of aryl methyl sites for hydroxylation is 1. The van der Waals surface area contributed by atoms with Crippen LogP contribution in [0.15, 0.2) is 12.1 Å². The van der Waals surface area contributed by atoms with Crippen molar-refractivity contribution in [3.8, 4) is 0 Å². The average Bonchev–Trinajstić information content (AvgIpc) is 3.59. The van der Waals surface area contributed by atoms with Crippen LogP contribution in [0.3, 0.4) is 0 Å². The van der Waals surface area contributed by atoms with Crippen LogP contribution in [0.4, 0.5) is 13.2 Å². The highest BCUT2D eigenvalue weighted by molar-refractivity contribution is 7.92. The second kappa shape index (κ2) is 8.20. The molecule has 0 saturated heterocycles. The van der Waals surface area contributed by atoms with E-state index in [4.69, 9.17) is 0 Å². The van der Waals surface area contributed by atoms with Gasteiger partial charge in [0.2, 0.25) is 0 Å². The van der Waals surface area contributed by atoms with Crippen molar-refractivity contribution in [3.05, 3.63) is 29.1 Å². The molecule has 4 saturated carbocycles. The van der Waals surface area contributed by atoms with Crippen LogP contribution in [0.5, 0.6) is 0 Å². The highest BCUT2D eigenvalue weighted by Gasteiger charge is 2.62. The minimum atomic E-state index is -4.55. The number of aromatic nitrogens is 1. The maximum atomic E-state index is 13.2. The lowest BCUT2D eigenvalue weighted by Crippen LogP contribution is -2.53. The predicted octanol–water partition coefficient (Wildman–Crippen LogP) is 5.23. The third kappa shape index (κ3) is 4.73. The number of rotatable bonds is 8. The molecule has 188 valence electrons. The summed E-state index contributed by atoms with van der Waals surface area (Å²) < 4.78 is 64.7. The number of nitrogens with one attached hydrogen (secondary N) is 1. The van der Waals surface area contributed by atoms with Crippen molar-refractivity contribution < 1.29 is 26.4 Å². The lowest BCUT2D eigenvalue weighted by molar-refractivity contribution is -0.141. The van der Waals surface area contributed by atoms with Crippen molar-refractivity contribution in [2.45, 2.75) is 94.5 Å². The number of amides is 1. The third-order valence-corrected chi connectivity index (χ3v) is 11.1. The van der Waals surface area contributed by atoms with E-state index in [2.05, 4.69) is 10.3 Å². The van der Waals surface area contributed by atoms with Crippen LogP contribution >= 0.6 is 0 Å². The average molecular weight is 499 g/mol. The summed E-state index contributed by atoms with van der Waals surface area (Å²) in [6.45, 7) is 1.43. The number of halogens is 3. The number of pyridine rings is 1. The van der Waals surface area contributed by atoms with Crippen LogP contribution in [-0.4, -0.2) is 35.9 Å². The molecule has 0 spiro atoms. The molecule has 4 aliphatic carbocycles. The first kappa shape index (κ1) is 24.1. The molecule has 4 aliphatic rings. The molecule has 1 aromatic heterocycles. The van der Waals surface area contributed by atoms with Gasteiger partial charge < -0.3 is 5.32 Å². The van der Waals surface area contributed by atoms with Gasteiger partial charge in [-0.25, -0.2) is 13.4 Å². The Morgan fingerprint density at radius 1 is 1.03 bits per heavy atom. The van der Waals surface area contributed by atoms with E-state index in [-0.39, 0.29) is 27.8 Å². The van der Waals surface area contributed by atoms with E-state index in [9.17, 15) is 26.4 Å². The van der Waals surface area contributed by atoms with E-state index in [1.807, 2.05) is 0 Å². The topological polar surface area (TPSA) is 76.1 Å². The highest BCUT2D eigenvalue weighted by atomic mass is 32.2. The number of carbonyl (C=O) groups excluding carboxylic acids is 1. The molecule has 0 aromatic carbocycles. The highest BCUT2D eigenvalue weighted by Crippen LogP contribution is 2.62. The Morgan fingerprint density at radius 2 is 1.65 bits per heavy atom. The number of sulfone groups is 1. The quantitative estimate of drug-likeness (QED) is 0.533. The maximum absolute atomic E-state index is 13.2. The zero-order valence-corrected chi connectivity index (χ0v) is 20.4. The van der Waals surface area contributed by atoms with Gasteiger partial charge in [0.05, 0.1) is 22.3 Å². The molecule has 0 atom stereocenters. The first-order chi connectivity index (χ1) is 15.9. The third-order valence-electron chi connectivity index (χ3n) is 8.68. The summed E-state index contributed by atoms with van der Waals surface area (Å²) in [5.74, 6) is 0.908. The summed E-state index contributed by atoms with van der Waals surface area (Å²) in [6, 6.07) is 2.07. The first-order valence-electron chi connectivity index (χ1n) is 12.5. The molecule has 34 heavy (non-hydrogen) atoms. The van der Waals surface area contributed by atoms with Gasteiger partial charge >= 0.3 is 6.18 Å². The first-order valence-corrected chi connectivity index (χ1v) is 14.2. The Kier molecular flexibility index (Phi) is 5.81. The van der Waals surface area contributed by atoms with E-state index in [0.29, 0.717) is 30.4 Å². The Labute approximate surface area is 199 Å². The predicted molar refractivity (Wildman–Crippen MR) is 122 cm³/mol. The zero-order chi connectivity index (χ0) is 24.4. The van der Waals surface area contributed by atoms with Gasteiger partial charge in [-0.15, -0.1) is 0 Å². The van der Waals surface area contributed by atoms with E-state index in [0.717, 1.165) is 51.0 Å². The Balaban J connectivity index is 1.32. The fourth-order valence-corrected chi connectivity index (χ4v) is 8.38. The number of alkyl halides is 3. The SMILES string of the molecule is Cc1nc(C(F)(F)F)ccc1C(=O)NC1(C2(CC3CC3)CCC(S(=O)(=O)CC3CC3)CC2)CC1. The smallest absolute Gasteiger partial charge is 0.346 e. The number of hydrogen-bond donors (Lipinski definition) is 1. The Morgan fingerprint density at radius 3 is 2.15 bits per heavy atom. The maximum Gasteiger partial charge on any atom is 0.433 e. The van der Waals surface area contributed by atoms with Gasteiger partial charge in [0.1, 0.15) is 5.69 Å². The van der Waals surface area contributed by atoms with Crippen LogP contribution in [0.2, 0.25) is 0 Å². The number of nitrogens with zero attached hydrogens (tertiary/aromatic N) is 1. The standard InChI is InChI=1S/C25H33F3N2O3S/c1-16-20(6-7-21(29-16)25(26,27)28)22(31)30-24(12-13-24)23(14-17-2-3-17)10-8-19(9-11-23)34(32,33)15-18-4-5-18/h6-7,17-19H,2-5,8-15H2,1H3,(H,30,31). The molecule has 0 aliphatic heterocycles. The summed E-state index contributed by atoms with van der Waals surface area (Å²) in [7, 11) is -3.08. The van der Waals surface area contributed by atoms with E-state index in [1.54, 1.807) is 0 Å². The number of hydrogen-bond acceptors (Lipinski definition) is 4. The van der Waals surface area contributed by atoms with Gasteiger partial charge in [0.15, 0.2) is 9.84 Å². The van der Waals surface area contributed by atoms with Gasteiger partial charge in [-0.05, 0) is 94.1 Å². The molecule has 1 amide bonds. The molecule has 9 heteroatoms. The van der Waals surface area contributed by atoms with Crippen LogP contribution in [0, 0.1) is 24.2 Å². The van der Waals surface area contributed by atoms with Crippen molar-refractivity contribution in [3.63, 3.8) is 0 Å². The van der Waals surface area contributed by atoms with Crippen molar-refractivity contribution in [1.82, 2.24) is 10.3 Å². The van der Waals surface area contributed by atoms with Crippen LogP contribution in [0.25, 0.3) is 0 Å². The fourth-order valence-electron chi connectivity index (χ4n) is 6.16. The molecule has 5 nitrogen and oxygen atoms in total. The van der Waals surface area contributed by atoms with Crippen molar-refractivity contribution in [2.75, 3.05) is 5.75 Å². The minimum Gasteiger partial charge on any atom is -0.346 e. The van der Waals surface area contributed by atoms with E-state index in [1.165, 1.54) is 25.8 Å². The van der Waals surface area contributed by atoms with Crippen LogP contribution in [0.1, 0.15) is 92.4 Å². The molecule has 1 aromatic rings. The molecular weight excluding hydrogens is 465 g/mol. The van der Waals surface area contributed by atoms with Crippen molar-refractivity contribution >= 4 is 15.7 Å². The van der Waals surface area contributed by atoms with Crippen LogP contribution in [-0.2, 0) is 16.0 Å². The summed E-state index contributed by atoms with van der Waals surface area (Å²) >= 11 is 0. The fraction of sp³-hybridized carbons (Fsp3) is 0.760. The molecule has 0 radical (unpaired) electrons. The molecule has 0 bridgehead atoms. The lowest BCUT2D eigenvalue weighted by atomic mass is 9.64. The second-order valence-corrected chi connectivity index (χ2v) is 13.6. The summed E-state index contributed by atoms with van der Waals surface area (Å²) in [5.41, 5.74) is -1.30. The number of carbonyl (C=O) groups is 1.